The SMILES string of the molecule is O=C(O)c1cn2n(c1=O)CCC2. The molecule has 64 valence electrons. The van der Waals surface area contributed by atoms with Crippen LogP contribution in [-0.4, -0.2) is 20.4 Å². The number of aromatic carboxylic acids is 1. The quantitative estimate of drug-likeness (QED) is 0.629. The molecule has 1 aromatic heterocycles. The molecule has 0 saturated heterocycles. The Kier molecular flexibility index (Phi) is 1.33. The number of rotatable bonds is 1. The van der Waals surface area contributed by atoms with Crippen LogP contribution in [0.25, 0.3) is 0 Å². The molecule has 0 spiro atoms. The van der Waals surface area contributed by atoms with E-state index in [1.54, 1.807) is 4.68 Å². The third kappa shape index (κ3) is 0.792. The molecule has 0 bridgehead atoms. The lowest BCUT2D eigenvalue weighted by Gasteiger charge is -1.93. The summed E-state index contributed by atoms with van der Waals surface area (Å²) in [5.41, 5.74) is -0.519. The van der Waals surface area contributed by atoms with E-state index in [0.29, 0.717) is 6.54 Å². The molecule has 0 radical (unpaired) electrons. The van der Waals surface area contributed by atoms with Gasteiger partial charge in [-0.15, -0.1) is 0 Å². The summed E-state index contributed by atoms with van der Waals surface area (Å²) in [6, 6.07) is 0. The van der Waals surface area contributed by atoms with Crippen LogP contribution in [0.15, 0.2) is 11.0 Å². The van der Waals surface area contributed by atoms with Crippen molar-refractivity contribution < 1.29 is 9.90 Å². The summed E-state index contributed by atoms with van der Waals surface area (Å²) in [6.45, 7) is 1.37. The molecule has 0 aliphatic carbocycles. The number of carboxylic acid groups (broad SMARTS) is 1. The van der Waals surface area contributed by atoms with E-state index in [-0.39, 0.29) is 11.1 Å². The van der Waals surface area contributed by atoms with Crippen LogP contribution in [0, 0.1) is 0 Å². The van der Waals surface area contributed by atoms with Crippen LogP contribution >= 0.6 is 0 Å². The lowest BCUT2D eigenvalue weighted by atomic mass is 10.3. The van der Waals surface area contributed by atoms with Crippen molar-refractivity contribution in [2.24, 2.45) is 0 Å². The highest BCUT2D eigenvalue weighted by atomic mass is 16.4. The molecule has 5 heteroatoms. The molecule has 1 aliphatic heterocycles. The van der Waals surface area contributed by atoms with E-state index < -0.39 is 5.97 Å². The van der Waals surface area contributed by atoms with Gasteiger partial charge in [0.2, 0.25) is 0 Å². The first-order valence-electron chi connectivity index (χ1n) is 3.73. The maximum atomic E-state index is 11.3. The summed E-state index contributed by atoms with van der Waals surface area (Å²) in [4.78, 5) is 21.8. The van der Waals surface area contributed by atoms with Gasteiger partial charge in [-0.25, -0.2) is 9.48 Å². The van der Waals surface area contributed by atoms with E-state index in [4.69, 9.17) is 5.11 Å². The molecule has 0 amide bonds. The fourth-order valence-electron chi connectivity index (χ4n) is 1.47. The smallest absolute Gasteiger partial charge is 0.342 e. The van der Waals surface area contributed by atoms with E-state index in [1.165, 1.54) is 10.9 Å². The summed E-state index contributed by atoms with van der Waals surface area (Å²) >= 11 is 0. The van der Waals surface area contributed by atoms with Crippen LogP contribution in [0.1, 0.15) is 16.8 Å². The second-order valence-corrected chi connectivity index (χ2v) is 2.79. The Morgan fingerprint density at radius 1 is 1.50 bits per heavy atom. The third-order valence-corrected chi connectivity index (χ3v) is 2.04. The first kappa shape index (κ1) is 7.15. The molecule has 0 atom stereocenters. The van der Waals surface area contributed by atoms with Gasteiger partial charge in [-0.2, -0.15) is 0 Å². The van der Waals surface area contributed by atoms with Crippen LogP contribution in [0.3, 0.4) is 0 Å². The molecule has 1 N–H and O–H groups in total. The maximum Gasteiger partial charge on any atom is 0.342 e. The minimum atomic E-state index is -1.14. The van der Waals surface area contributed by atoms with Crippen molar-refractivity contribution in [2.75, 3.05) is 0 Å². The number of hydrogen-bond acceptors (Lipinski definition) is 2. The number of aryl methyl sites for hydroxylation is 1. The number of nitrogens with zero attached hydrogens (tertiary/aromatic N) is 2. The van der Waals surface area contributed by atoms with Crippen molar-refractivity contribution >= 4 is 5.97 Å². The highest BCUT2D eigenvalue weighted by Crippen LogP contribution is 2.05. The zero-order chi connectivity index (χ0) is 8.72. The molecule has 0 saturated carbocycles. The van der Waals surface area contributed by atoms with Gasteiger partial charge in [0.05, 0.1) is 0 Å². The lowest BCUT2D eigenvalue weighted by Crippen LogP contribution is -2.20. The molecule has 12 heavy (non-hydrogen) atoms. The van der Waals surface area contributed by atoms with E-state index in [0.717, 1.165) is 13.0 Å². The second-order valence-electron chi connectivity index (χ2n) is 2.79. The average Bonchev–Trinajstić information content (AvgIpc) is 2.53. The molecule has 0 fully saturated rings. The summed E-state index contributed by atoms with van der Waals surface area (Å²) in [5, 5.41) is 8.60. The first-order chi connectivity index (χ1) is 5.70. The van der Waals surface area contributed by atoms with Gasteiger partial charge in [-0.05, 0) is 6.42 Å². The van der Waals surface area contributed by atoms with Crippen LogP contribution in [0.5, 0.6) is 0 Å². The van der Waals surface area contributed by atoms with Gasteiger partial charge in [0.1, 0.15) is 5.56 Å². The third-order valence-electron chi connectivity index (χ3n) is 2.04. The topological polar surface area (TPSA) is 64.2 Å². The Bertz CT molecular complexity index is 388. The molecule has 1 aromatic rings. The van der Waals surface area contributed by atoms with Crippen molar-refractivity contribution in [1.82, 2.24) is 9.36 Å². The number of hydrogen-bond donors (Lipinski definition) is 1. The van der Waals surface area contributed by atoms with Crippen LogP contribution < -0.4 is 5.56 Å². The highest BCUT2D eigenvalue weighted by Gasteiger charge is 2.19. The largest absolute Gasteiger partial charge is 0.477 e. The van der Waals surface area contributed by atoms with Crippen molar-refractivity contribution in [3.05, 3.63) is 22.1 Å². The second kappa shape index (κ2) is 2.23. The number of carbonyl (C=O) groups is 1. The van der Waals surface area contributed by atoms with Crippen molar-refractivity contribution in [1.29, 1.82) is 0 Å². The number of aromatic nitrogens is 2. The predicted octanol–water partition coefficient (Wildman–Crippen LogP) is -0.248. The standard InChI is InChI=1S/C7H8N2O3/c10-6-5(7(11)12)4-8-2-1-3-9(6)8/h4H,1-3H2,(H,11,12). The molecule has 1 aliphatic rings. The van der Waals surface area contributed by atoms with Gasteiger partial charge >= 0.3 is 5.97 Å². The monoisotopic (exact) mass is 168 g/mol. The fraction of sp³-hybridized carbons (Fsp3) is 0.429. The van der Waals surface area contributed by atoms with E-state index in [9.17, 15) is 9.59 Å². The van der Waals surface area contributed by atoms with Crippen molar-refractivity contribution in [2.45, 2.75) is 19.5 Å². The van der Waals surface area contributed by atoms with Gasteiger partial charge in [-0.1, -0.05) is 0 Å². The van der Waals surface area contributed by atoms with E-state index in [2.05, 4.69) is 0 Å². The Hall–Kier alpha value is -1.52. The molecule has 0 unspecified atom stereocenters. The van der Waals surface area contributed by atoms with Crippen LogP contribution in [0.4, 0.5) is 0 Å². The van der Waals surface area contributed by atoms with E-state index >= 15 is 0 Å². The zero-order valence-corrected chi connectivity index (χ0v) is 6.36. The maximum absolute atomic E-state index is 11.3. The zero-order valence-electron chi connectivity index (χ0n) is 6.36. The molecule has 0 aromatic carbocycles. The number of carboxylic acids is 1. The average molecular weight is 168 g/mol. The summed E-state index contributed by atoms with van der Waals surface area (Å²) in [5.74, 6) is -1.14. The predicted molar refractivity (Wildman–Crippen MR) is 40.3 cm³/mol. The van der Waals surface area contributed by atoms with Crippen LogP contribution in [-0.2, 0) is 13.1 Å². The lowest BCUT2D eigenvalue weighted by molar-refractivity contribution is 0.0695. The summed E-state index contributed by atoms with van der Waals surface area (Å²) in [6.07, 6.45) is 2.31. The van der Waals surface area contributed by atoms with Gasteiger partial charge in [0.25, 0.3) is 5.56 Å². The Labute approximate surface area is 67.8 Å². The van der Waals surface area contributed by atoms with Crippen molar-refractivity contribution in [3.8, 4) is 0 Å². The molecule has 2 heterocycles. The van der Waals surface area contributed by atoms with Gasteiger partial charge in [0.15, 0.2) is 0 Å². The number of fused-ring (bicyclic) bond motifs is 1. The Morgan fingerprint density at radius 3 is 2.83 bits per heavy atom. The van der Waals surface area contributed by atoms with Gasteiger partial charge in [-0.3, -0.25) is 9.48 Å². The van der Waals surface area contributed by atoms with Crippen molar-refractivity contribution in [3.63, 3.8) is 0 Å². The Balaban J connectivity index is 2.62. The normalized spacial score (nSPS) is 14.7. The molecular formula is C7H8N2O3. The molecule has 5 nitrogen and oxygen atoms in total. The highest BCUT2D eigenvalue weighted by molar-refractivity contribution is 5.86. The first-order valence-corrected chi connectivity index (χ1v) is 3.73. The fourth-order valence-corrected chi connectivity index (χ4v) is 1.47. The van der Waals surface area contributed by atoms with Crippen LogP contribution in [0.2, 0.25) is 0 Å². The summed E-state index contributed by atoms with van der Waals surface area (Å²) in [7, 11) is 0. The Morgan fingerprint density at radius 2 is 2.25 bits per heavy atom. The van der Waals surface area contributed by atoms with E-state index in [1.807, 2.05) is 0 Å². The minimum absolute atomic E-state index is 0.130. The molecular weight excluding hydrogens is 160 g/mol. The summed E-state index contributed by atoms with van der Waals surface area (Å²) < 4.78 is 3.12. The van der Waals surface area contributed by atoms with Gasteiger partial charge < -0.3 is 5.11 Å². The minimum Gasteiger partial charge on any atom is -0.477 e. The van der Waals surface area contributed by atoms with Gasteiger partial charge in [0, 0.05) is 19.3 Å². The molecule has 2 rings (SSSR count).